The number of hydrogen-bond acceptors (Lipinski definition) is 6. The minimum Gasteiger partial charge on any atom is -0.497 e. The van der Waals surface area contributed by atoms with Crippen molar-refractivity contribution in [3.63, 3.8) is 0 Å². The van der Waals surface area contributed by atoms with Crippen LogP contribution in [0, 0.1) is 5.92 Å². The third-order valence-corrected chi connectivity index (χ3v) is 7.08. The van der Waals surface area contributed by atoms with E-state index in [1.807, 2.05) is 12.1 Å². The van der Waals surface area contributed by atoms with Crippen molar-refractivity contribution >= 4 is 5.97 Å². The van der Waals surface area contributed by atoms with Crippen molar-refractivity contribution in [1.82, 2.24) is 0 Å². The normalized spacial score (nSPS) is 24.0. The van der Waals surface area contributed by atoms with E-state index in [4.69, 9.17) is 23.7 Å². The van der Waals surface area contributed by atoms with Crippen LogP contribution >= 0.6 is 0 Å². The highest BCUT2D eigenvalue weighted by molar-refractivity contribution is 5.91. The van der Waals surface area contributed by atoms with Gasteiger partial charge in [0.05, 0.1) is 59.7 Å². The van der Waals surface area contributed by atoms with Crippen molar-refractivity contribution in [2.75, 3.05) is 48.1 Å². The monoisotopic (exact) mass is 456 g/mol. The first-order valence-corrected chi connectivity index (χ1v) is 11.5. The number of benzene rings is 2. The number of carbonyl (C=O) groups is 1. The van der Waals surface area contributed by atoms with E-state index in [1.54, 1.807) is 24.1 Å². The van der Waals surface area contributed by atoms with Crippen molar-refractivity contribution in [2.45, 2.75) is 31.2 Å². The van der Waals surface area contributed by atoms with Crippen molar-refractivity contribution in [1.29, 1.82) is 0 Å². The molecule has 2 heterocycles. The number of rotatable bonds is 8. The number of fused-ring (bicyclic) bond motifs is 1. The van der Waals surface area contributed by atoms with E-state index in [2.05, 4.69) is 12.1 Å². The Labute approximate surface area is 195 Å². The van der Waals surface area contributed by atoms with Crippen LogP contribution in [0.15, 0.2) is 36.4 Å². The standard InChI is InChI=1S/C26H33NO6/c1-29-22-7-5-18(6-8-22)20-12-21-11-17(9-10-27(21)15-20)16-33-26(28)19-13-23(30-2)25(32-4)24(14-19)31-3/h5-8,13-14,17,20-21H,9-12,15-16H2,1-4H3/p+1/t17-,20-,21+/m0/s1. The predicted octanol–water partition coefficient (Wildman–Crippen LogP) is 2.73. The van der Waals surface area contributed by atoms with Gasteiger partial charge in [0.2, 0.25) is 5.75 Å². The van der Waals surface area contributed by atoms with Crippen LogP contribution in [-0.2, 0) is 4.74 Å². The number of methoxy groups -OCH3 is 4. The van der Waals surface area contributed by atoms with Gasteiger partial charge in [0, 0.05) is 31.1 Å². The summed E-state index contributed by atoms with van der Waals surface area (Å²) in [7, 11) is 6.30. The van der Waals surface area contributed by atoms with Crippen molar-refractivity contribution < 1.29 is 33.4 Å². The molecule has 0 aromatic heterocycles. The molecule has 178 valence electrons. The number of carbonyl (C=O) groups excluding carboxylic acids is 1. The summed E-state index contributed by atoms with van der Waals surface area (Å²) in [5.74, 6) is 2.84. The lowest BCUT2D eigenvalue weighted by Crippen LogP contribution is -3.14. The number of piperidine rings is 1. The number of nitrogens with one attached hydrogen (secondary N) is 1. The van der Waals surface area contributed by atoms with Gasteiger partial charge in [-0.3, -0.25) is 0 Å². The lowest BCUT2D eigenvalue weighted by atomic mass is 9.89. The largest absolute Gasteiger partial charge is 0.497 e. The van der Waals surface area contributed by atoms with Crippen molar-refractivity contribution in [3.05, 3.63) is 47.5 Å². The highest BCUT2D eigenvalue weighted by atomic mass is 16.5. The molecule has 1 N–H and O–H groups in total. The Bertz CT molecular complexity index is 935. The number of esters is 1. The summed E-state index contributed by atoms with van der Waals surface area (Å²) in [4.78, 5) is 14.4. The third kappa shape index (κ3) is 5.03. The van der Waals surface area contributed by atoms with Crippen LogP contribution in [0.1, 0.15) is 41.1 Å². The van der Waals surface area contributed by atoms with Crippen LogP contribution in [0.3, 0.4) is 0 Å². The second kappa shape index (κ2) is 10.3. The summed E-state index contributed by atoms with van der Waals surface area (Å²) in [5.41, 5.74) is 1.79. The summed E-state index contributed by atoms with van der Waals surface area (Å²) in [5, 5.41) is 0. The van der Waals surface area contributed by atoms with Crippen molar-refractivity contribution in [3.8, 4) is 23.0 Å². The molecule has 4 rings (SSSR count). The van der Waals surface area contributed by atoms with Gasteiger partial charge in [-0.05, 0) is 29.8 Å². The summed E-state index contributed by atoms with van der Waals surface area (Å²) >= 11 is 0. The molecule has 7 nitrogen and oxygen atoms in total. The van der Waals surface area contributed by atoms with E-state index in [-0.39, 0.29) is 5.97 Å². The summed E-state index contributed by atoms with van der Waals surface area (Å²) in [6.07, 6.45) is 3.34. The molecule has 0 bridgehead atoms. The summed E-state index contributed by atoms with van der Waals surface area (Å²) in [6, 6.07) is 12.4. The van der Waals surface area contributed by atoms with Crippen LogP contribution in [0.25, 0.3) is 0 Å². The average Bonchev–Trinajstić information content (AvgIpc) is 3.29. The van der Waals surface area contributed by atoms with Gasteiger partial charge in [-0.1, -0.05) is 12.1 Å². The van der Waals surface area contributed by atoms with E-state index in [9.17, 15) is 4.79 Å². The maximum atomic E-state index is 12.8. The minimum atomic E-state index is -0.369. The van der Waals surface area contributed by atoms with E-state index < -0.39 is 0 Å². The van der Waals surface area contributed by atoms with Crippen LogP contribution in [0.2, 0.25) is 0 Å². The van der Waals surface area contributed by atoms with Gasteiger partial charge in [-0.2, -0.15) is 0 Å². The smallest absolute Gasteiger partial charge is 0.338 e. The average molecular weight is 457 g/mol. The molecule has 1 unspecified atom stereocenters. The molecule has 33 heavy (non-hydrogen) atoms. The Morgan fingerprint density at radius 2 is 1.64 bits per heavy atom. The molecule has 7 heteroatoms. The van der Waals surface area contributed by atoms with Crippen LogP contribution < -0.4 is 23.8 Å². The van der Waals surface area contributed by atoms with Gasteiger partial charge >= 0.3 is 5.97 Å². The van der Waals surface area contributed by atoms with E-state index in [1.165, 1.54) is 39.9 Å². The molecule has 2 aromatic rings. The fourth-order valence-electron chi connectivity index (χ4n) is 5.31. The molecule has 0 amide bonds. The molecule has 4 atom stereocenters. The zero-order valence-corrected chi connectivity index (χ0v) is 19.9. The van der Waals surface area contributed by atoms with Crippen LogP contribution in [-0.4, -0.2) is 60.1 Å². The van der Waals surface area contributed by atoms with Gasteiger partial charge in [-0.25, -0.2) is 4.79 Å². The molecule has 0 spiro atoms. The SMILES string of the molecule is COc1ccc([C@H]2C[C@H]3C[C@@H](COC(=O)c4cc(OC)c(OC)c(OC)c4)CC[NH+]3C2)cc1. The molecule has 2 fully saturated rings. The Hall–Kier alpha value is -2.93. The molecule has 0 saturated carbocycles. The zero-order chi connectivity index (χ0) is 23.4. The van der Waals surface area contributed by atoms with Gasteiger partial charge in [0.15, 0.2) is 11.5 Å². The maximum Gasteiger partial charge on any atom is 0.338 e. The topological polar surface area (TPSA) is 67.7 Å². The lowest BCUT2D eigenvalue weighted by molar-refractivity contribution is -0.919. The minimum absolute atomic E-state index is 0.369. The second-order valence-corrected chi connectivity index (χ2v) is 8.92. The van der Waals surface area contributed by atoms with E-state index in [0.717, 1.165) is 25.1 Å². The fourth-order valence-corrected chi connectivity index (χ4v) is 5.31. The van der Waals surface area contributed by atoms with Gasteiger partial charge in [0.1, 0.15) is 5.75 Å². The first kappa shape index (κ1) is 23.2. The number of hydrogen-bond donors (Lipinski definition) is 1. The molecule has 2 aliphatic heterocycles. The Morgan fingerprint density at radius 1 is 0.939 bits per heavy atom. The Morgan fingerprint density at radius 3 is 2.24 bits per heavy atom. The molecule has 2 saturated heterocycles. The highest BCUT2D eigenvalue weighted by Crippen LogP contribution is 2.38. The van der Waals surface area contributed by atoms with E-state index in [0.29, 0.717) is 47.3 Å². The molecule has 0 aliphatic carbocycles. The molecule has 2 aliphatic rings. The number of quaternary nitrogens is 1. The van der Waals surface area contributed by atoms with Crippen LogP contribution in [0.5, 0.6) is 23.0 Å². The Balaban J connectivity index is 1.33. The molecule has 0 radical (unpaired) electrons. The zero-order valence-electron chi connectivity index (χ0n) is 19.9. The van der Waals surface area contributed by atoms with Crippen LogP contribution in [0.4, 0.5) is 0 Å². The number of ether oxygens (including phenoxy) is 5. The molecular formula is C26H34NO6+. The lowest BCUT2D eigenvalue weighted by Gasteiger charge is -2.31. The Kier molecular flexibility index (Phi) is 7.28. The quantitative estimate of drug-likeness (QED) is 0.616. The van der Waals surface area contributed by atoms with Gasteiger partial charge in [0.25, 0.3) is 0 Å². The van der Waals surface area contributed by atoms with Gasteiger partial charge in [-0.15, -0.1) is 0 Å². The summed E-state index contributed by atoms with van der Waals surface area (Å²) < 4.78 is 27.0. The summed E-state index contributed by atoms with van der Waals surface area (Å²) in [6.45, 7) is 2.74. The molecule has 2 aromatic carbocycles. The van der Waals surface area contributed by atoms with Crippen molar-refractivity contribution in [2.24, 2.45) is 5.92 Å². The maximum absolute atomic E-state index is 12.8. The second-order valence-electron chi connectivity index (χ2n) is 8.92. The third-order valence-electron chi connectivity index (χ3n) is 7.08. The van der Waals surface area contributed by atoms with E-state index >= 15 is 0 Å². The van der Waals surface area contributed by atoms with Gasteiger partial charge < -0.3 is 28.6 Å². The first-order valence-electron chi connectivity index (χ1n) is 11.5. The fraction of sp³-hybridized carbons (Fsp3) is 0.500. The first-order chi connectivity index (χ1) is 16.1. The predicted molar refractivity (Wildman–Crippen MR) is 124 cm³/mol. The highest BCUT2D eigenvalue weighted by Gasteiger charge is 2.41. The molecular weight excluding hydrogens is 422 g/mol.